The molecule has 3 aliphatic rings. The lowest BCUT2D eigenvalue weighted by Crippen LogP contribution is -2.52. The highest BCUT2D eigenvalue weighted by molar-refractivity contribution is 5.89. The molecule has 1 spiro atoms. The summed E-state index contributed by atoms with van der Waals surface area (Å²) < 4.78 is 5.55. The van der Waals surface area contributed by atoms with Gasteiger partial charge in [-0.05, 0) is 53.4 Å². The van der Waals surface area contributed by atoms with Crippen molar-refractivity contribution in [1.29, 1.82) is 0 Å². The van der Waals surface area contributed by atoms with Crippen LogP contribution in [0.4, 0.5) is 4.79 Å². The maximum absolute atomic E-state index is 13.2. The number of amides is 2. The Kier molecular flexibility index (Phi) is 5.80. The second-order valence-electron chi connectivity index (χ2n) is 9.84. The standard InChI is InChI=1S/C27H30N2O5/c1-29(23-11-6-12-27(23)13-14-27)25(32)22(15-24(30)31)28-26(33)34-16-21-19-9-4-2-7-17(19)18-8-3-5-10-20(18)21/h2-5,7-10,21-23H,6,11-16H2,1H3,(H,28,33)(H,30,31). The van der Waals surface area contributed by atoms with Crippen molar-refractivity contribution in [2.75, 3.05) is 13.7 Å². The highest BCUT2D eigenvalue weighted by Gasteiger charge is 2.54. The second kappa shape index (κ2) is 8.78. The number of nitrogens with one attached hydrogen (secondary N) is 1. The first kappa shape index (κ1) is 22.4. The number of carboxylic acids is 1. The second-order valence-corrected chi connectivity index (χ2v) is 9.84. The average Bonchev–Trinajstić information content (AvgIpc) is 3.37. The van der Waals surface area contributed by atoms with Gasteiger partial charge in [0.25, 0.3) is 0 Å². The number of nitrogens with zero attached hydrogens (tertiary/aromatic N) is 1. The van der Waals surface area contributed by atoms with Crippen LogP contribution >= 0.6 is 0 Å². The maximum atomic E-state index is 13.2. The molecule has 7 heteroatoms. The van der Waals surface area contributed by atoms with Crippen LogP contribution in [0.1, 0.15) is 55.6 Å². The molecule has 0 saturated heterocycles. The Morgan fingerprint density at radius 2 is 1.68 bits per heavy atom. The van der Waals surface area contributed by atoms with E-state index in [0.29, 0.717) is 0 Å². The van der Waals surface area contributed by atoms with Crippen molar-refractivity contribution >= 4 is 18.0 Å². The number of aliphatic carboxylic acids is 1. The summed E-state index contributed by atoms with van der Waals surface area (Å²) in [4.78, 5) is 39.0. The Morgan fingerprint density at radius 3 is 2.26 bits per heavy atom. The smallest absolute Gasteiger partial charge is 0.407 e. The molecule has 3 aliphatic carbocycles. The number of rotatable bonds is 7. The van der Waals surface area contributed by atoms with Gasteiger partial charge in [0.2, 0.25) is 5.91 Å². The summed E-state index contributed by atoms with van der Waals surface area (Å²) in [5, 5.41) is 11.9. The number of carbonyl (C=O) groups is 3. The zero-order chi connectivity index (χ0) is 23.9. The molecule has 5 rings (SSSR count). The van der Waals surface area contributed by atoms with Gasteiger partial charge in [0, 0.05) is 19.0 Å². The Labute approximate surface area is 199 Å². The fraction of sp³-hybridized carbons (Fsp3) is 0.444. The van der Waals surface area contributed by atoms with Crippen molar-refractivity contribution in [3.63, 3.8) is 0 Å². The Morgan fingerprint density at radius 1 is 1.06 bits per heavy atom. The highest BCUT2D eigenvalue weighted by Crippen LogP contribution is 2.59. The van der Waals surface area contributed by atoms with Gasteiger partial charge in [-0.2, -0.15) is 0 Å². The molecule has 0 aromatic heterocycles. The Hall–Kier alpha value is -3.35. The van der Waals surface area contributed by atoms with Crippen LogP contribution in [0, 0.1) is 5.41 Å². The van der Waals surface area contributed by atoms with Crippen molar-refractivity contribution < 1.29 is 24.2 Å². The van der Waals surface area contributed by atoms with E-state index >= 15 is 0 Å². The van der Waals surface area contributed by atoms with Crippen molar-refractivity contribution in [3.8, 4) is 11.1 Å². The quantitative estimate of drug-likeness (QED) is 0.644. The molecule has 0 radical (unpaired) electrons. The molecular weight excluding hydrogens is 432 g/mol. The number of benzene rings is 2. The fourth-order valence-corrected chi connectivity index (χ4v) is 6.02. The van der Waals surface area contributed by atoms with E-state index in [1.54, 1.807) is 11.9 Å². The van der Waals surface area contributed by atoms with E-state index in [1.807, 2.05) is 36.4 Å². The van der Waals surface area contributed by atoms with Gasteiger partial charge in [-0.15, -0.1) is 0 Å². The highest BCUT2D eigenvalue weighted by atomic mass is 16.5. The molecule has 2 fully saturated rings. The number of hydrogen-bond donors (Lipinski definition) is 2. The van der Waals surface area contributed by atoms with Crippen LogP contribution in [0.3, 0.4) is 0 Å². The number of carboxylic acid groups (broad SMARTS) is 1. The third kappa shape index (κ3) is 4.04. The van der Waals surface area contributed by atoms with E-state index in [-0.39, 0.29) is 29.9 Å². The predicted molar refractivity (Wildman–Crippen MR) is 126 cm³/mol. The summed E-state index contributed by atoms with van der Waals surface area (Å²) in [6, 6.07) is 15.0. The van der Waals surface area contributed by atoms with Crippen LogP contribution in [0.15, 0.2) is 48.5 Å². The van der Waals surface area contributed by atoms with Gasteiger partial charge in [0.05, 0.1) is 6.42 Å². The zero-order valence-electron chi connectivity index (χ0n) is 19.3. The third-order valence-corrected chi connectivity index (χ3v) is 7.88. The first-order valence-electron chi connectivity index (χ1n) is 12.0. The summed E-state index contributed by atoms with van der Waals surface area (Å²) >= 11 is 0. The molecule has 2 amide bonds. The Bertz CT molecular complexity index is 1080. The van der Waals surface area contributed by atoms with Crippen molar-refractivity contribution in [2.45, 2.75) is 56.5 Å². The van der Waals surface area contributed by atoms with Crippen LogP contribution in [0.25, 0.3) is 11.1 Å². The van der Waals surface area contributed by atoms with E-state index in [4.69, 9.17) is 4.74 Å². The molecule has 0 heterocycles. The predicted octanol–water partition coefficient (Wildman–Crippen LogP) is 4.16. The fourth-order valence-electron chi connectivity index (χ4n) is 6.02. The lowest BCUT2D eigenvalue weighted by Gasteiger charge is -2.32. The van der Waals surface area contributed by atoms with Gasteiger partial charge in [0.15, 0.2) is 0 Å². The summed E-state index contributed by atoms with van der Waals surface area (Å²) in [7, 11) is 1.73. The van der Waals surface area contributed by atoms with Gasteiger partial charge >= 0.3 is 12.1 Å². The monoisotopic (exact) mass is 462 g/mol. The van der Waals surface area contributed by atoms with Crippen molar-refractivity contribution in [2.24, 2.45) is 5.41 Å². The molecule has 34 heavy (non-hydrogen) atoms. The Balaban J connectivity index is 1.26. The van der Waals surface area contributed by atoms with Gasteiger partial charge < -0.3 is 20.1 Å². The average molecular weight is 463 g/mol. The summed E-state index contributed by atoms with van der Waals surface area (Å²) in [6.45, 7) is 0.107. The maximum Gasteiger partial charge on any atom is 0.407 e. The largest absolute Gasteiger partial charge is 0.481 e. The molecule has 2 N–H and O–H groups in total. The van der Waals surface area contributed by atoms with Crippen molar-refractivity contribution in [1.82, 2.24) is 10.2 Å². The summed E-state index contributed by atoms with van der Waals surface area (Å²) in [5.74, 6) is -1.62. The molecule has 0 bridgehead atoms. The number of hydrogen-bond acceptors (Lipinski definition) is 4. The third-order valence-electron chi connectivity index (χ3n) is 7.88. The minimum absolute atomic E-state index is 0.107. The minimum Gasteiger partial charge on any atom is -0.481 e. The number of carbonyl (C=O) groups excluding carboxylic acids is 2. The van der Waals surface area contributed by atoms with E-state index < -0.39 is 24.5 Å². The number of fused-ring (bicyclic) bond motifs is 3. The first-order chi connectivity index (χ1) is 16.4. The van der Waals surface area contributed by atoms with Crippen molar-refractivity contribution in [3.05, 3.63) is 59.7 Å². The molecule has 2 saturated carbocycles. The SMILES string of the molecule is CN(C(=O)C(CC(=O)O)NC(=O)OCC1c2ccccc2-c2ccccc21)C1CCCC12CC2. The molecule has 2 unspecified atom stereocenters. The molecule has 7 nitrogen and oxygen atoms in total. The van der Waals surface area contributed by atoms with E-state index in [0.717, 1.165) is 54.4 Å². The zero-order valence-corrected chi connectivity index (χ0v) is 19.3. The number of ether oxygens (including phenoxy) is 1. The lowest BCUT2D eigenvalue weighted by atomic mass is 9.98. The van der Waals surface area contributed by atoms with Gasteiger partial charge in [-0.3, -0.25) is 9.59 Å². The van der Waals surface area contributed by atoms with Crippen LogP contribution < -0.4 is 5.32 Å². The summed E-state index contributed by atoms with van der Waals surface area (Å²) in [6.07, 6.45) is 4.07. The molecule has 0 aliphatic heterocycles. The first-order valence-corrected chi connectivity index (χ1v) is 12.0. The number of likely N-dealkylation sites (N-methyl/N-ethyl adjacent to an activating group) is 1. The van der Waals surface area contributed by atoms with Crippen LogP contribution in [-0.4, -0.2) is 53.7 Å². The molecule has 2 aromatic carbocycles. The molecule has 2 atom stereocenters. The molecule has 178 valence electrons. The topological polar surface area (TPSA) is 95.9 Å². The van der Waals surface area contributed by atoms with Crippen LogP contribution in [-0.2, 0) is 14.3 Å². The lowest BCUT2D eigenvalue weighted by molar-refractivity contribution is -0.143. The van der Waals surface area contributed by atoms with E-state index in [1.165, 1.54) is 0 Å². The van der Waals surface area contributed by atoms with E-state index in [9.17, 15) is 19.5 Å². The summed E-state index contributed by atoms with van der Waals surface area (Å²) in [5.41, 5.74) is 4.62. The van der Waals surface area contributed by atoms with E-state index in [2.05, 4.69) is 17.4 Å². The molecule has 2 aromatic rings. The van der Waals surface area contributed by atoms with Gasteiger partial charge in [-0.1, -0.05) is 55.0 Å². The number of alkyl carbamates (subject to hydrolysis) is 1. The normalized spacial score (nSPS) is 20.3. The minimum atomic E-state index is -1.16. The van der Waals surface area contributed by atoms with Gasteiger partial charge in [-0.25, -0.2) is 4.79 Å². The van der Waals surface area contributed by atoms with Crippen LogP contribution in [0.5, 0.6) is 0 Å². The molecular formula is C27H30N2O5. The van der Waals surface area contributed by atoms with Gasteiger partial charge in [0.1, 0.15) is 12.6 Å². The van der Waals surface area contributed by atoms with Crippen LogP contribution in [0.2, 0.25) is 0 Å².